The second-order valence-electron chi connectivity index (χ2n) is 2.55. The standard InChI is InChI=1S/C9H7NO2.CH4/c10-7-3-1-6-2-4-9(11)12-8(6)5-7;/h1-5H,10H2;1H4. The van der Waals surface area contributed by atoms with E-state index in [0.717, 1.165) is 5.39 Å². The molecule has 0 spiro atoms. The Bertz CT molecular complexity index is 474. The SMILES string of the molecule is C.Nc1ccc2ccc(=O)oc2c1. The number of anilines is 1. The van der Waals surface area contributed by atoms with Gasteiger partial charge in [0.05, 0.1) is 0 Å². The Morgan fingerprint density at radius 1 is 1.15 bits per heavy atom. The largest absolute Gasteiger partial charge is 0.423 e. The molecule has 3 heteroatoms. The van der Waals surface area contributed by atoms with Gasteiger partial charge in [0.25, 0.3) is 0 Å². The van der Waals surface area contributed by atoms with Crippen molar-refractivity contribution in [2.75, 3.05) is 5.73 Å². The molecule has 2 N–H and O–H groups in total. The van der Waals surface area contributed by atoms with Gasteiger partial charge in [0, 0.05) is 23.2 Å². The Hall–Kier alpha value is -1.77. The van der Waals surface area contributed by atoms with Crippen LogP contribution < -0.4 is 11.4 Å². The Labute approximate surface area is 75.8 Å². The zero-order valence-corrected chi connectivity index (χ0v) is 6.28. The van der Waals surface area contributed by atoms with Crippen molar-refractivity contribution in [3.05, 3.63) is 40.8 Å². The monoisotopic (exact) mass is 177 g/mol. The van der Waals surface area contributed by atoms with Gasteiger partial charge in [-0.05, 0) is 18.2 Å². The lowest BCUT2D eigenvalue weighted by Gasteiger charge is -1.95. The topological polar surface area (TPSA) is 56.2 Å². The highest BCUT2D eigenvalue weighted by molar-refractivity contribution is 5.79. The van der Waals surface area contributed by atoms with Crippen LogP contribution in [0.25, 0.3) is 11.0 Å². The number of rotatable bonds is 0. The summed E-state index contributed by atoms with van der Waals surface area (Å²) in [6.07, 6.45) is 0. The molecule has 0 fully saturated rings. The minimum atomic E-state index is -0.354. The number of hydrogen-bond donors (Lipinski definition) is 1. The molecule has 0 amide bonds. The Kier molecular flexibility index (Phi) is 2.37. The zero-order chi connectivity index (χ0) is 8.55. The Balaban J connectivity index is 0.000000845. The number of hydrogen-bond acceptors (Lipinski definition) is 3. The quantitative estimate of drug-likeness (QED) is 0.494. The van der Waals surface area contributed by atoms with E-state index in [-0.39, 0.29) is 13.1 Å². The fourth-order valence-corrected chi connectivity index (χ4v) is 1.08. The van der Waals surface area contributed by atoms with Crippen LogP contribution in [0.1, 0.15) is 7.43 Å². The highest BCUT2D eigenvalue weighted by Gasteiger charge is 1.95. The van der Waals surface area contributed by atoms with E-state index < -0.39 is 0 Å². The fraction of sp³-hybridized carbons (Fsp3) is 0.100. The van der Waals surface area contributed by atoms with E-state index in [1.54, 1.807) is 18.2 Å². The van der Waals surface area contributed by atoms with Gasteiger partial charge < -0.3 is 10.2 Å². The fourth-order valence-electron chi connectivity index (χ4n) is 1.08. The molecule has 1 aromatic carbocycles. The minimum absolute atomic E-state index is 0. The van der Waals surface area contributed by atoms with E-state index in [1.807, 2.05) is 6.07 Å². The van der Waals surface area contributed by atoms with E-state index in [1.165, 1.54) is 6.07 Å². The number of benzene rings is 1. The molecule has 0 aliphatic carbocycles. The molecule has 13 heavy (non-hydrogen) atoms. The first-order valence-corrected chi connectivity index (χ1v) is 3.55. The van der Waals surface area contributed by atoms with Crippen LogP contribution in [-0.4, -0.2) is 0 Å². The van der Waals surface area contributed by atoms with Crippen molar-refractivity contribution in [3.63, 3.8) is 0 Å². The van der Waals surface area contributed by atoms with Crippen LogP contribution in [0.5, 0.6) is 0 Å². The maximum Gasteiger partial charge on any atom is 0.336 e. The van der Waals surface area contributed by atoms with Crippen molar-refractivity contribution in [2.24, 2.45) is 0 Å². The van der Waals surface area contributed by atoms with Crippen LogP contribution in [0.3, 0.4) is 0 Å². The van der Waals surface area contributed by atoms with Crippen molar-refractivity contribution in [1.82, 2.24) is 0 Å². The molecule has 68 valence electrons. The third-order valence-corrected chi connectivity index (χ3v) is 1.65. The number of fused-ring (bicyclic) bond motifs is 1. The maximum absolute atomic E-state index is 10.8. The second-order valence-corrected chi connectivity index (χ2v) is 2.55. The smallest absolute Gasteiger partial charge is 0.336 e. The summed E-state index contributed by atoms with van der Waals surface area (Å²) >= 11 is 0. The van der Waals surface area contributed by atoms with Gasteiger partial charge in [0.15, 0.2) is 0 Å². The van der Waals surface area contributed by atoms with E-state index in [9.17, 15) is 4.79 Å². The molecule has 0 aliphatic heterocycles. The minimum Gasteiger partial charge on any atom is -0.423 e. The van der Waals surface area contributed by atoms with E-state index in [0.29, 0.717) is 11.3 Å². The third kappa shape index (κ3) is 1.69. The van der Waals surface area contributed by atoms with Gasteiger partial charge >= 0.3 is 5.63 Å². The Morgan fingerprint density at radius 2 is 1.85 bits per heavy atom. The molecular weight excluding hydrogens is 166 g/mol. The molecule has 1 aromatic heterocycles. The molecule has 0 bridgehead atoms. The summed E-state index contributed by atoms with van der Waals surface area (Å²) in [7, 11) is 0. The molecule has 3 nitrogen and oxygen atoms in total. The van der Waals surface area contributed by atoms with Crippen molar-refractivity contribution in [1.29, 1.82) is 0 Å². The first-order chi connectivity index (χ1) is 5.75. The highest BCUT2D eigenvalue weighted by Crippen LogP contribution is 2.14. The second kappa shape index (κ2) is 3.31. The van der Waals surface area contributed by atoms with Crippen LogP contribution in [-0.2, 0) is 0 Å². The van der Waals surface area contributed by atoms with Crippen molar-refractivity contribution >= 4 is 16.7 Å². The Morgan fingerprint density at radius 3 is 2.62 bits per heavy atom. The third-order valence-electron chi connectivity index (χ3n) is 1.65. The van der Waals surface area contributed by atoms with Crippen LogP contribution in [0.15, 0.2) is 39.5 Å². The number of nitrogen functional groups attached to an aromatic ring is 1. The van der Waals surface area contributed by atoms with E-state index in [4.69, 9.17) is 10.2 Å². The van der Waals surface area contributed by atoms with Gasteiger partial charge in [-0.2, -0.15) is 0 Å². The highest BCUT2D eigenvalue weighted by atomic mass is 16.4. The summed E-state index contributed by atoms with van der Waals surface area (Å²) in [4.78, 5) is 10.8. The maximum atomic E-state index is 10.8. The lowest BCUT2D eigenvalue weighted by Crippen LogP contribution is -1.94. The molecule has 0 aliphatic rings. The van der Waals surface area contributed by atoms with Gasteiger partial charge in [-0.3, -0.25) is 0 Å². The van der Waals surface area contributed by atoms with E-state index >= 15 is 0 Å². The molecule has 2 rings (SSSR count). The molecule has 2 aromatic rings. The molecule has 0 saturated heterocycles. The van der Waals surface area contributed by atoms with Gasteiger partial charge in [-0.25, -0.2) is 4.79 Å². The predicted molar refractivity (Wildman–Crippen MR) is 53.6 cm³/mol. The molecule has 0 unspecified atom stereocenters. The predicted octanol–water partition coefficient (Wildman–Crippen LogP) is 2.01. The van der Waals surface area contributed by atoms with Crippen LogP contribution >= 0.6 is 0 Å². The van der Waals surface area contributed by atoms with Crippen LogP contribution in [0, 0.1) is 0 Å². The van der Waals surface area contributed by atoms with Gasteiger partial charge in [-0.15, -0.1) is 0 Å². The summed E-state index contributed by atoms with van der Waals surface area (Å²) in [6, 6.07) is 8.31. The summed E-state index contributed by atoms with van der Waals surface area (Å²) in [5, 5.41) is 0.879. The summed E-state index contributed by atoms with van der Waals surface area (Å²) in [5.41, 5.74) is 6.28. The van der Waals surface area contributed by atoms with E-state index in [2.05, 4.69) is 0 Å². The van der Waals surface area contributed by atoms with Crippen molar-refractivity contribution in [2.45, 2.75) is 7.43 Å². The summed E-state index contributed by atoms with van der Waals surface area (Å²) in [6.45, 7) is 0. The molecule has 1 heterocycles. The lowest BCUT2D eigenvalue weighted by molar-refractivity contribution is 0.561. The average molecular weight is 177 g/mol. The average Bonchev–Trinajstić information content (AvgIpc) is 2.03. The lowest BCUT2D eigenvalue weighted by atomic mass is 10.2. The normalized spacial score (nSPS) is 9.54. The molecule has 0 radical (unpaired) electrons. The van der Waals surface area contributed by atoms with Gasteiger partial charge in [-0.1, -0.05) is 7.43 Å². The van der Waals surface area contributed by atoms with Gasteiger partial charge in [0.2, 0.25) is 0 Å². The van der Waals surface area contributed by atoms with Crippen molar-refractivity contribution in [3.8, 4) is 0 Å². The summed E-state index contributed by atoms with van der Waals surface area (Å²) < 4.78 is 4.91. The van der Waals surface area contributed by atoms with Crippen LogP contribution in [0.4, 0.5) is 5.69 Å². The number of nitrogens with two attached hydrogens (primary N) is 1. The molecule has 0 saturated carbocycles. The van der Waals surface area contributed by atoms with Crippen LogP contribution in [0.2, 0.25) is 0 Å². The van der Waals surface area contributed by atoms with Gasteiger partial charge in [0.1, 0.15) is 5.58 Å². The first-order valence-electron chi connectivity index (χ1n) is 3.55. The molecular formula is C10H11NO2. The van der Waals surface area contributed by atoms with Crippen molar-refractivity contribution < 1.29 is 4.42 Å². The molecule has 0 atom stereocenters. The first kappa shape index (κ1) is 9.32. The summed E-state index contributed by atoms with van der Waals surface area (Å²) in [5.74, 6) is 0. The zero-order valence-electron chi connectivity index (χ0n) is 6.28.